The third kappa shape index (κ3) is 10.3. The van der Waals surface area contributed by atoms with Gasteiger partial charge in [0, 0.05) is 0 Å². The molecule has 0 nitrogen and oxygen atoms in total. The quantitative estimate of drug-likeness (QED) is 0.401. The van der Waals surface area contributed by atoms with E-state index in [0.717, 1.165) is 5.75 Å². The highest BCUT2D eigenvalue weighted by molar-refractivity contribution is 7.80. The SMILES string of the molecule is CCCCCCCCCCCS. The lowest BCUT2D eigenvalue weighted by atomic mass is 10.1. The molecular formula is C11H24S. The maximum Gasteiger partial charge on any atom is -0.00979 e. The van der Waals surface area contributed by atoms with E-state index in [1.165, 1.54) is 57.8 Å². The van der Waals surface area contributed by atoms with Crippen molar-refractivity contribution in [1.29, 1.82) is 0 Å². The van der Waals surface area contributed by atoms with Crippen LogP contribution in [0.1, 0.15) is 64.7 Å². The second kappa shape index (κ2) is 11.4. The molecule has 1 heteroatoms. The first-order valence-corrected chi connectivity index (χ1v) is 6.16. The van der Waals surface area contributed by atoms with E-state index in [1.54, 1.807) is 0 Å². The largest absolute Gasteiger partial charge is 0.179 e. The first kappa shape index (κ1) is 12.3. The molecule has 74 valence electrons. The van der Waals surface area contributed by atoms with Gasteiger partial charge in [-0.05, 0) is 12.2 Å². The van der Waals surface area contributed by atoms with Crippen molar-refractivity contribution in [2.24, 2.45) is 0 Å². The maximum atomic E-state index is 4.19. The molecule has 0 spiro atoms. The van der Waals surface area contributed by atoms with Gasteiger partial charge in [0.15, 0.2) is 0 Å². The molecular weight excluding hydrogens is 164 g/mol. The monoisotopic (exact) mass is 188 g/mol. The number of hydrogen-bond donors (Lipinski definition) is 1. The van der Waals surface area contributed by atoms with Crippen LogP contribution in [0.15, 0.2) is 0 Å². The maximum absolute atomic E-state index is 4.19. The zero-order chi connectivity index (χ0) is 9.07. The van der Waals surface area contributed by atoms with Crippen LogP contribution in [0.4, 0.5) is 0 Å². The van der Waals surface area contributed by atoms with Crippen molar-refractivity contribution >= 4 is 12.6 Å². The fraction of sp³-hybridized carbons (Fsp3) is 1.00. The highest BCUT2D eigenvalue weighted by atomic mass is 32.1. The molecule has 0 amide bonds. The molecule has 0 N–H and O–H groups in total. The van der Waals surface area contributed by atoms with E-state index in [4.69, 9.17) is 0 Å². The van der Waals surface area contributed by atoms with Crippen molar-refractivity contribution in [1.82, 2.24) is 0 Å². The molecule has 0 fully saturated rings. The Labute approximate surface area is 83.5 Å². The molecule has 0 heterocycles. The Bertz CT molecular complexity index is 61.4. The number of rotatable bonds is 9. The zero-order valence-corrected chi connectivity index (χ0v) is 9.41. The summed E-state index contributed by atoms with van der Waals surface area (Å²) in [6, 6.07) is 0. The van der Waals surface area contributed by atoms with Gasteiger partial charge in [-0.25, -0.2) is 0 Å². The van der Waals surface area contributed by atoms with Crippen LogP contribution in [-0.4, -0.2) is 5.75 Å². The number of unbranched alkanes of at least 4 members (excludes halogenated alkanes) is 8. The summed E-state index contributed by atoms with van der Waals surface area (Å²) >= 11 is 4.19. The average molecular weight is 188 g/mol. The van der Waals surface area contributed by atoms with Crippen molar-refractivity contribution in [2.45, 2.75) is 64.7 Å². The lowest BCUT2D eigenvalue weighted by molar-refractivity contribution is 0.573. The fourth-order valence-electron chi connectivity index (χ4n) is 1.42. The lowest BCUT2D eigenvalue weighted by Crippen LogP contribution is -1.81. The summed E-state index contributed by atoms with van der Waals surface area (Å²) in [5.74, 6) is 1.07. The zero-order valence-electron chi connectivity index (χ0n) is 8.52. The van der Waals surface area contributed by atoms with Gasteiger partial charge in [-0.3, -0.25) is 0 Å². The summed E-state index contributed by atoms with van der Waals surface area (Å²) in [6.07, 6.45) is 12.7. The Balaban J connectivity index is 2.73. The molecule has 12 heavy (non-hydrogen) atoms. The molecule has 0 saturated heterocycles. The average Bonchev–Trinajstić information content (AvgIpc) is 2.10. The molecule has 0 unspecified atom stereocenters. The summed E-state index contributed by atoms with van der Waals surface area (Å²) < 4.78 is 0. The van der Waals surface area contributed by atoms with Gasteiger partial charge in [0.1, 0.15) is 0 Å². The minimum Gasteiger partial charge on any atom is -0.179 e. The minimum atomic E-state index is 1.07. The molecule has 0 aromatic rings. The standard InChI is InChI=1S/C11H24S/c1-2-3-4-5-6-7-8-9-10-11-12/h12H,2-11H2,1H3. The molecule has 0 aromatic heterocycles. The van der Waals surface area contributed by atoms with E-state index < -0.39 is 0 Å². The molecule has 0 aromatic carbocycles. The highest BCUT2D eigenvalue weighted by Gasteiger charge is 1.90. The van der Waals surface area contributed by atoms with Crippen LogP contribution in [0, 0.1) is 0 Å². The second-order valence-corrected chi connectivity index (χ2v) is 4.00. The van der Waals surface area contributed by atoms with Crippen molar-refractivity contribution in [2.75, 3.05) is 5.75 Å². The molecule has 0 aliphatic rings. The highest BCUT2D eigenvalue weighted by Crippen LogP contribution is 2.09. The van der Waals surface area contributed by atoms with Gasteiger partial charge in [0.05, 0.1) is 0 Å². The lowest BCUT2D eigenvalue weighted by Gasteiger charge is -1.99. The summed E-state index contributed by atoms with van der Waals surface area (Å²) in [6.45, 7) is 2.27. The van der Waals surface area contributed by atoms with E-state index in [1.807, 2.05) is 0 Å². The molecule has 0 aliphatic heterocycles. The summed E-state index contributed by atoms with van der Waals surface area (Å²) in [4.78, 5) is 0. The summed E-state index contributed by atoms with van der Waals surface area (Å²) in [7, 11) is 0. The Morgan fingerprint density at radius 1 is 0.667 bits per heavy atom. The molecule has 0 rings (SSSR count). The Morgan fingerprint density at radius 3 is 1.50 bits per heavy atom. The molecule has 0 saturated carbocycles. The first-order chi connectivity index (χ1) is 5.91. The van der Waals surface area contributed by atoms with Crippen LogP contribution in [0.25, 0.3) is 0 Å². The topological polar surface area (TPSA) is 0 Å². The number of thiol groups is 1. The van der Waals surface area contributed by atoms with Crippen molar-refractivity contribution < 1.29 is 0 Å². The predicted molar refractivity (Wildman–Crippen MR) is 61.1 cm³/mol. The van der Waals surface area contributed by atoms with E-state index >= 15 is 0 Å². The molecule has 0 aliphatic carbocycles. The third-order valence-electron chi connectivity index (χ3n) is 2.26. The number of hydrogen-bond acceptors (Lipinski definition) is 1. The van der Waals surface area contributed by atoms with Gasteiger partial charge in [0.25, 0.3) is 0 Å². The Morgan fingerprint density at radius 2 is 1.08 bits per heavy atom. The van der Waals surface area contributed by atoms with Gasteiger partial charge in [-0.1, -0.05) is 58.3 Å². The van der Waals surface area contributed by atoms with Crippen LogP contribution in [0.3, 0.4) is 0 Å². The van der Waals surface area contributed by atoms with E-state index in [-0.39, 0.29) is 0 Å². The van der Waals surface area contributed by atoms with Crippen LogP contribution >= 0.6 is 12.6 Å². The van der Waals surface area contributed by atoms with Crippen LogP contribution in [0.2, 0.25) is 0 Å². The third-order valence-corrected chi connectivity index (χ3v) is 2.58. The molecule has 0 bridgehead atoms. The Hall–Kier alpha value is 0.350. The minimum absolute atomic E-state index is 1.07. The molecule has 0 radical (unpaired) electrons. The summed E-state index contributed by atoms with van der Waals surface area (Å²) in [5, 5.41) is 0. The second-order valence-electron chi connectivity index (χ2n) is 3.55. The van der Waals surface area contributed by atoms with Gasteiger partial charge < -0.3 is 0 Å². The summed E-state index contributed by atoms with van der Waals surface area (Å²) in [5.41, 5.74) is 0. The van der Waals surface area contributed by atoms with Crippen LogP contribution in [-0.2, 0) is 0 Å². The smallest absolute Gasteiger partial charge is 0.00979 e. The van der Waals surface area contributed by atoms with Gasteiger partial charge in [0.2, 0.25) is 0 Å². The van der Waals surface area contributed by atoms with Gasteiger partial charge in [-0.15, -0.1) is 0 Å². The van der Waals surface area contributed by atoms with Crippen LogP contribution < -0.4 is 0 Å². The first-order valence-electron chi connectivity index (χ1n) is 5.52. The van der Waals surface area contributed by atoms with E-state index in [9.17, 15) is 0 Å². The van der Waals surface area contributed by atoms with Crippen molar-refractivity contribution in [3.63, 3.8) is 0 Å². The van der Waals surface area contributed by atoms with Gasteiger partial charge >= 0.3 is 0 Å². The van der Waals surface area contributed by atoms with Crippen molar-refractivity contribution in [3.8, 4) is 0 Å². The predicted octanol–water partition coefficient (Wildman–Crippen LogP) is 4.45. The molecule has 0 atom stereocenters. The van der Waals surface area contributed by atoms with E-state index in [0.29, 0.717) is 0 Å². The fourth-order valence-corrected chi connectivity index (χ4v) is 1.65. The van der Waals surface area contributed by atoms with Gasteiger partial charge in [-0.2, -0.15) is 12.6 Å². The normalized spacial score (nSPS) is 10.5. The van der Waals surface area contributed by atoms with Crippen molar-refractivity contribution in [3.05, 3.63) is 0 Å². The Kier molecular flexibility index (Phi) is 11.7. The van der Waals surface area contributed by atoms with E-state index in [2.05, 4.69) is 19.6 Å². The van der Waals surface area contributed by atoms with Crippen LogP contribution in [0.5, 0.6) is 0 Å².